The molecule has 0 saturated carbocycles. The number of aliphatic hydroxyl groups excluding tert-OH is 1. The second-order valence-electron chi connectivity index (χ2n) is 4.05. The first kappa shape index (κ1) is 15.0. The molecule has 5 heteroatoms. The molecule has 0 spiro atoms. The maximum atomic E-state index is 11.7. The number of unbranched alkanes of at least 4 members (excludes halogenated alkanes) is 3. The molecule has 100 valence electrons. The molecular weight excluding hydrogens is 298 g/mol. The van der Waals surface area contributed by atoms with Crippen molar-refractivity contribution in [3.63, 3.8) is 0 Å². The minimum Gasteiger partial charge on any atom is -0.462 e. The summed E-state index contributed by atoms with van der Waals surface area (Å²) in [7, 11) is 0. The van der Waals surface area contributed by atoms with Gasteiger partial charge in [0.2, 0.25) is 0 Å². The van der Waals surface area contributed by atoms with Gasteiger partial charge in [0.15, 0.2) is 0 Å². The van der Waals surface area contributed by atoms with E-state index in [9.17, 15) is 4.79 Å². The van der Waals surface area contributed by atoms with Crippen molar-refractivity contribution in [1.82, 2.24) is 0 Å². The van der Waals surface area contributed by atoms with Crippen molar-refractivity contribution in [1.29, 1.82) is 0 Å². The van der Waals surface area contributed by atoms with Gasteiger partial charge in [-0.15, -0.1) is 0 Å². The Morgan fingerprint density at radius 3 is 2.61 bits per heavy atom. The molecule has 0 radical (unpaired) electrons. The Kier molecular flexibility index (Phi) is 6.75. The zero-order chi connectivity index (χ0) is 13.4. The van der Waals surface area contributed by atoms with Crippen LogP contribution in [0.4, 0.5) is 5.69 Å². The third-order valence-corrected chi connectivity index (χ3v) is 2.90. The van der Waals surface area contributed by atoms with Crippen LogP contribution in [0.2, 0.25) is 0 Å². The van der Waals surface area contributed by atoms with E-state index < -0.39 is 0 Å². The molecule has 0 atom stereocenters. The molecule has 0 unspecified atom stereocenters. The molecule has 3 N–H and O–H groups in total. The van der Waals surface area contributed by atoms with E-state index in [1.54, 1.807) is 18.2 Å². The van der Waals surface area contributed by atoms with Crippen molar-refractivity contribution in [3.05, 3.63) is 28.2 Å². The second-order valence-corrected chi connectivity index (χ2v) is 4.96. The van der Waals surface area contributed by atoms with Gasteiger partial charge in [0.05, 0.1) is 12.2 Å². The number of carbonyl (C=O) groups excluding carboxylic acids is 1. The average Bonchev–Trinajstić information content (AvgIpc) is 2.32. The number of rotatable bonds is 7. The van der Waals surface area contributed by atoms with Gasteiger partial charge in [0, 0.05) is 16.8 Å². The first-order valence-corrected chi connectivity index (χ1v) is 6.77. The Bertz CT molecular complexity index is 376. The van der Waals surface area contributed by atoms with E-state index in [-0.39, 0.29) is 12.6 Å². The summed E-state index contributed by atoms with van der Waals surface area (Å²) in [4.78, 5) is 11.7. The number of ether oxygens (including phenoxy) is 1. The fourth-order valence-corrected chi connectivity index (χ4v) is 2.06. The highest BCUT2D eigenvalue weighted by Gasteiger charge is 2.08. The number of nitrogen functional groups attached to an aromatic ring is 1. The van der Waals surface area contributed by atoms with Gasteiger partial charge in [-0.25, -0.2) is 4.79 Å². The number of hydrogen-bond acceptors (Lipinski definition) is 4. The van der Waals surface area contributed by atoms with Gasteiger partial charge in [0.1, 0.15) is 0 Å². The molecule has 0 aliphatic carbocycles. The monoisotopic (exact) mass is 315 g/mol. The molecular formula is C13H18BrNO3. The lowest BCUT2D eigenvalue weighted by Gasteiger charge is -2.06. The Hall–Kier alpha value is -1.07. The van der Waals surface area contributed by atoms with Crippen molar-refractivity contribution in [2.24, 2.45) is 0 Å². The lowest BCUT2D eigenvalue weighted by Crippen LogP contribution is -2.07. The number of hydrogen-bond donors (Lipinski definition) is 2. The van der Waals surface area contributed by atoms with Crippen LogP contribution in [-0.2, 0) is 4.74 Å². The Labute approximate surface area is 115 Å². The summed E-state index contributed by atoms with van der Waals surface area (Å²) in [5.41, 5.74) is 6.63. The normalized spacial score (nSPS) is 10.3. The van der Waals surface area contributed by atoms with Crippen LogP contribution in [0.1, 0.15) is 36.0 Å². The van der Waals surface area contributed by atoms with Crippen LogP contribution in [0, 0.1) is 0 Å². The molecule has 1 aromatic carbocycles. The first-order chi connectivity index (χ1) is 8.63. The number of esters is 1. The lowest BCUT2D eigenvalue weighted by molar-refractivity contribution is 0.0497. The van der Waals surface area contributed by atoms with Crippen molar-refractivity contribution in [3.8, 4) is 0 Å². The number of nitrogens with two attached hydrogens (primary N) is 1. The largest absolute Gasteiger partial charge is 0.462 e. The van der Waals surface area contributed by atoms with E-state index in [0.29, 0.717) is 17.9 Å². The maximum absolute atomic E-state index is 11.7. The van der Waals surface area contributed by atoms with Crippen molar-refractivity contribution >= 4 is 27.6 Å². The van der Waals surface area contributed by atoms with Gasteiger partial charge in [-0.3, -0.25) is 0 Å². The van der Waals surface area contributed by atoms with E-state index in [1.165, 1.54) is 0 Å². The predicted molar refractivity (Wildman–Crippen MR) is 74.4 cm³/mol. The van der Waals surface area contributed by atoms with Gasteiger partial charge in [-0.2, -0.15) is 0 Å². The predicted octanol–water partition coefficient (Wildman–Crippen LogP) is 2.74. The van der Waals surface area contributed by atoms with Crippen LogP contribution in [0.5, 0.6) is 0 Å². The quantitative estimate of drug-likeness (QED) is 0.461. The highest BCUT2D eigenvalue weighted by Crippen LogP contribution is 2.18. The molecule has 18 heavy (non-hydrogen) atoms. The minimum atomic E-state index is -0.356. The van der Waals surface area contributed by atoms with Gasteiger partial charge in [-0.05, 0) is 37.5 Å². The molecule has 0 aliphatic heterocycles. The molecule has 0 aromatic heterocycles. The van der Waals surface area contributed by atoms with E-state index in [0.717, 1.165) is 30.2 Å². The van der Waals surface area contributed by atoms with Gasteiger partial charge >= 0.3 is 5.97 Å². The summed E-state index contributed by atoms with van der Waals surface area (Å²) in [5, 5.41) is 8.61. The Balaban J connectivity index is 2.32. The molecule has 0 heterocycles. The second kappa shape index (κ2) is 8.11. The minimum absolute atomic E-state index is 0.219. The molecule has 0 saturated heterocycles. The molecule has 0 amide bonds. The fourth-order valence-electron chi connectivity index (χ4n) is 1.55. The molecule has 4 nitrogen and oxygen atoms in total. The third kappa shape index (κ3) is 5.51. The van der Waals surface area contributed by atoms with Crippen LogP contribution < -0.4 is 5.73 Å². The number of aliphatic hydroxyl groups is 1. The Morgan fingerprint density at radius 1 is 1.22 bits per heavy atom. The SMILES string of the molecule is Nc1cc(Br)cc(C(=O)OCCCCCCO)c1. The van der Waals surface area contributed by atoms with Crippen LogP contribution in [0.15, 0.2) is 22.7 Å². The maximum Gasteiger partial charge on any atom is 0.338 e. The van der Waals surface area contributed by atoms with E-state index in [1.807, 2.05) is 0 Å². The highest BCUT2D eigenvalue weighted by molar-refractivity contribution is 9.10. The molecule has 1 rings (SSSR count). The average molecular weight is 316 g/mol. The molecule has 0 aliphatic rings. The zero-order valence-electron chi connectivity index (χ0n) is 10.2. The summed E-state index contributed by atoms with van der Waals surface area (Å²) in [6.45, 7) is 0.619. The van der Waals surface area contributed by atoms with Crippen molar-refractivity contribution in [2.45, 2.75) is 25.7 Å². The summed E-state index contributed by atoms with van der Waals surface area (Å²) in [6.07, 6.45) is 3.53. The summed E-state index contributed by atoms with van der Waals surface area (Å²) < 4.78 is 5.90. The lowest BCUT2D eigenvalue weighted by atomic mass is 10.2. The molecule has 1 aromatic rings. The molecule has 0 fully saturated rings. The summed E-state index contributed by atoms with van der Waals surface area (Å²) in [5.74, 6) is -0.356. The Morgan fingerprint density at radius 2 is 1.94 bits per heavy atom. The van der Waals surface area contributed by atoms with Crippen molar-refractivity contribution in [2.75, 3.05) is 18.9 Å². The third-order valence-electron chi connectivity index (χ3n) is 2.44. The van der Waals surface area contributed by atoms with Crippen LogP contribution >= 0.6 is 15.9 Å². The smallest absolute Gasteiger partial charge is 0.338 e. The van der Waals surface area contributed by atoms with E-state index >= 15 is 0 Å². The standard InChI is InChI=1S/C13H18BrNO3/c14-11-7-10(8-12(15)9-11)13(17)18-6-4-2-1-3-5-16/h7-9,16H,1-6,15H2. The van der Waals surface area contributed by atoms with Crippen LogP contribution in [-0.4, -0.2) is 24.3 Å². The summed E-state index contributed by atoms with van der Waals surface area (Å²) >= 11 is 3.28. The number of anilines is 1. The topological polar surface area (TPSA) is 72.6 Å². The fraction of sp³-hybridized carbons (Fsp3) is 0.462. The van der Waals surface area contributed by atoms with Gasteiger partial charge < -0.3 is 15.6 Å². The number of halogens is 1. The highest BCUT2D eigenvalue weighted by atomic mass is 79.9. The van der Waals surface area contributed by atoms with E-state index in [4.69, 9.17) is 15.6 Å². The van der Waals surface area contributed by atoms with Crippen LogP contribution in [0.3, 0.4) is 0 Å². The molecule has 0 bridgehead atoms. The number of benzene rings is 1. The van der Waals surface area contributed by atoms with Crippen LogP contribution in [0.25, 0.3) is 0 Å². The zero-order valence-corrected chi connectivity index (χ0v) is 11.8. The van der Waals surface area contributed by atoms with Gasteiger partial charge in [0.25, 0.3) is 0 Å². The van der Waals surface area contributed by atoms with E-state index in [2.05, 4.69) is 15.9 Å². The number of carbonyl (C=O) groups is 1. The van der Waals surface area contributed by atoms with Crippen molar-refractivity contribution < 1.29 is 14.6 Å². The first-order valence-electron chi connectivity index (χ1n) is 5.97. The van der Waals surface area contributed by atoms with Gasteiger partial charge in [-0.1, -0.05) is 22.4 Å². The summed E-state index contributed by atoms with van der Waals surface area (Å²) in [6, 6.07) is 5.01.